The lowest BCUT2D eigenvalue weighted by atomic mass is 9.79. The first-order valence-electron chi connectivity index (χ1n) is 6.30. The third kappa shape index (κ3) is 3.54. The molecule has 0 spiro atoms. The van der Waals surface area contributed by atoms with Crippen LogP contribution in [0.5, 0.6) is 11.5 Å². The second-order valence-electron chi connectivity index (χ2n) is 4.35. The van der Waals surface area contributed by atoms with Gasteiger partial charge in [0.1, 0.15) is 24.2 Å². The number of para-hydroxylation sites is 1. The number of nitriles is 1. The van der Waals surface area contributed by atoms with Crippen LogP contribution in [0.3, 0.4) is 0 Å². The molecule has 106 valence electrons. The molecule has 0 fully saturated rings. The molecule has 0 aliphatic rings. The van der Waals surface area contributed by atoms with Gasteiger partial charge in [-0.25, -0.2) is 0 Å². The van der Waals surface area contributed by atoms with Crippen molar-refractivity contribution in [3.05, 3.63) is 53.6 Å². The maximum absolute atomic E-state index is 9.27. The van der Waals surface area contributed by atoms with Gasteiger partial charge in [0.25, 0.3) is 0 Å². The number of rotatable bonds is 5. The highest BCUT2D eigenvalue weighted by molar-refractivity contribution is 6.59. The SMILES string of the molecule is COc1ccc(COc2ccccc2B(O)O)cc1C#N. The van der Waals surface area contributed by atoms with Crippen molar-refractivity contribution in [2.24, 2.45) is 0 Å². The van der Waals surface area contributed by atoms with Gasteiger partial charge in [-0.1, -0.05) is 24.3 Å². The van der Waals surface area contributed by atoms with Crippen LogP contribution in [0, 0.1) is 11.3 Å². The van der Waals surface area contributed by atoms with Gasteiger partial charge in [-0.3, -0.25) is 0 Å². The average molecular weight is 283 g/mol. The third-order valence-corrected chi connectivity index (χ3v) is 2.98. The van der Waals surface area contributed by atoms with Crippen molar-refractivity contribution in [3.63, 3.8) is 0 Å². The molecule has 0 bridgehead atoms. The monoisotopic (exact) mass is 283 g/mol. The first-order valence-corrected chi connectivity index (χ1v) is 6.30. The van der Waals surface area contributed by atoms with E-state index >= 15 is 0 Å². The van der Waals surface area contributed by atoms with Crippen molar-refractivity contribution >= 4 is 12.6 Å². The zero-order valence-electron chi connectivity index (χ0n) is 11.5. The van der Waals surface area contributed by atoms with E-state index in [1.54, 1.807) is 42.5 Å². The maximum atomic E-state index is 9.27. The van der Waals surface area contributed by atoms with Gasteiger partial charge in [0.2, 0.25) is 0 Å². The van der Waals surface area contributed by atoms with Crippen LogP contribution < -0.4 is 14.9 Å². The van der Waals surface area contributed by atoms with Gasteiger partial charge in [-0.15, -0.1) is 0 Å². The quantitative estimate of drug-likeness (QED) is 0.794. The van der Waals surface area contributed by atoms with Crippen molar-refractivity contribution in [1.29, 1.82) is 5.26 Å². The molecule has 21 heavy (non-hydrogen) atoms. The van der Waals surface area contributed by atoms with Crippen molar-refractivity contribution in [2.45, 2.75) is 6.61 Å². The second kappa shape index (κ2) is 6.79. The average Bonchev–Trinajstić information content (AvgIpc) is 2.52. The normalized spacial score (nSPS) is 9.81. The first-order chi connectivity index (χ1) is 10.2. The lowest BCUT2D eigenvalue weighted by molar-refractivity contribution is 0.306. The number of hydrogen-bond acceptors (Lipinski definition) is 5. The zero-order chi connectivity index (χ0) is 15.2. The summed E-state index contributed by atoms with van der Waals surface area (Å²) in [5.74, 6) is 0.897. The Morgan fingerprint density at radius 2 is 1.90 bits per heavy atom. The topological polar surface area (TPSA) is 82.7 Å². The van der Waals surface area contributed by atoms with Crippen LogP contribution in [0.4, 0.5) is 0 Å². The largest absolute Gasteiger partial charge is 0.495 e. The van der Waals surface area contributed by atoms with Gasteiger partial charge in [-0.2, -0.15) is 5.26 Å². The van der Waals surface area contributed by atoms with Gasteiger partial charge in [0.15, 0.2) is 0 Å². The summed E-state index contributed by atoms with van der Waals surface area (Å²) in [5, 5.41) is 27.6. The minimum atomic E-state index is -1.59. The predicted octanol–water partition coefficient (Wildman–Crippen LogP) is 0.826. The highest BCUT2D eigenvalue weighted by Gasteiger charge is 2.16. The Morgan fingerprint density at radius 3 is 2.57 bits per heavy atom. The highest BCUT2D eigenvalue weighted by atomic mass is 16.5. The van der Waals surface area contributed by atoms with Gasteiger partial charge >= 0.3 is 7.12 Å². The summed E-state index contributed by atoms with van der Waals surface area (Å²) in [7, 11) is -0.0858. The van der Waals surface area contributed by atoms with Crippen LogP contribution in [-0.2, 0) is 6.61 Å². The molecule has 5 nitrogen and oxygen atoms in total. The summed E-state index contributed by atoms with van der Waals surface area (Å²) in [5.41, 5.74) is 1.51. The molecule has 6 heteroatoms. The Morgan fingerprint density at radius 1 is 1.14 bits per heavy atom. The molecule has 0 atom stereocenters. The summed E-state index contributed by atoms with van der Waals surface area (Å²) in [6, 6.07) is 13.9. The molecular formula is C15H14BNO4. The lowest BCUT2D eigenvalue weighted by Crippen LogP contribution is -2.31. The van der Waals surface area contributed by atoms with Gasteiger partial charge in [0.05, 0.1) is 12.7 Å². The minimum Gasteiger partial charge on any atom is -0.495 e. The molecule has 0 heterocycles. The molecular weight excluding hydrogens is 269 g/mol. The summed E-state index contributed by atoms with van der Waals surface area (Å²) in [6.45, 7) is 0.211. The third-order valence-electron chi connectivity index (χ3n) is 2.98. The van der Waals surface area contributed by atoms with Gasteiger partial charge < -0.3 is 19.5 Å². The fraction of sp³-hybridized carbons (Fsp3) is 0.133. The Hall–Kier alpha value is -2.49. The van der Waals surface area contributed by atoms with E-state index in [0.29, 0.717) is 22.5 Å². The van der Waals surface area contributed by atoms with E-state index in [9.17, 15) is 10.0 Å². The van der Waals surface area contributed by atoms with Crippen molar-refractivity contribution < 1.29 is 19.5 Å². The molecule has 2 rings (SSSR count). The van der Waals surface area contributed by atoms with Gasteiger partial charge in [0, 0.05) is 5.46 Å². The van der Waals surface area contributed by atoms with Crippen molar-refractivity contribution in [1.82, 2.24) is 0 Å². The Kier molecular flexibility index (Phi) is 4.83. The number of methoxy groups -OCH3 is 1. The molecule has 2 aromatic carbocycles. The van der Waals surface area contributed by atoms with Crippen LogP contribution in [0.1, 0.15) is 11.1 Å². The van der Waals surface area contributed by atoms with Crippen molar-refractivity contribution in [2.75, 3.05) is 7.11 Å². The van der Waals surface area contributed by atoms with Crippen molar-refractivity contribution in [3.8, 4) is 17.6 Å². The van der Waals surface area contributed by atoms with Crippen LogP contribution in [0.25, 0.3) is 0 Å². The molecule has 0 aliphatic carbocycles. The van der Waals surface area contributed by atoms with E-state index < -0.39 is 7.12 Å². The molecule has 2 aromatic rings. The highest BCUT2D eigenvalue weighted by Crippen LogP contribution is 2.20. The van der Waals surface area contributed by atoms with Crippen LogP contribution in [0.15, 0.2) is 42.5 Å². The predicted molar refractivity (Wildman–Crippen MR) is 78.3 cm³/mol. The zero-order valence-corrected chi connectivity index (χ0v) is 11.5. The maximum Gasteiger partial charge on any atom is 0.492 e. The molecule has 0 unspecified atom stereocenters. The summed E-state index contributed by atoms with van der Waals surface area (Å²) in [4.78, 5) is 0. The number of nitrogens with zero attached hydrogens (tertiary/aromatic N) is 1. The van der Waals surface area contributed by atoms with E-state index in [0.717, 1.165) is 5.56 Å². The summed E-state index contributed by atoms with van der Waals surface area (Å²) < 4.78 is 10.7. The van der Waals surface area contributed by atoms with Crippen LogP contribution in [-0.4, -0.2) is 24.3 Å². The Balaban J connectivity index is 2.16. The fourth-order valence-electron chi connectivity index (χ4n) is 1.92. The van der Waals surface area contributed by atoms with Crippen LogP contribution >= 0.6 is 0 Å². The van der Waals surface area contributed by atoms with E-state index in [1.807, 2.05) is 0 Å². The number of ether oxygens (including phenoxy) is 2. The smallest absolute Gasteiger partial charge is 0.492 e. The molecule has 0 saturated carbocycles. The summed E-state index contributed by atoms with van der Waals surface area (Å²) in [6.07, 6.45) is 0. The van der Waals surface area contributed by atoms with E-state index in [2.05, 4.69) is 6.07 Å². The van der Waals surface area contributed by atoms with E-state index in [-0.39, 0.29) is 6.61 Å². The fourth-order valence-corrected chi connectivity index (χ4v) is 1.92. The molecule has 0 radical (unpaired) electrons. The first kappa shape index (κ1) is 14.9. The van der Waals surface area contributed by atoms with E-state index in [1.165, 1.54) is 7.11 Å². The van der Waals surface area contributed by atoms with E-state index in [4.69, 9.17) is 14.7 Å². The number of benzene rings is 2. The molecule has 0 aromatic heterocycles. The Labute approximate surface area is 123 Å². The Bertz CT molecular complexity index is 667. The molecule has 0 aliphatic heterocycles. The minimum absolute atomic E-state index is 0.211. The lowest BCUT2D eigenvalue weighted by Gasteiger charge is -2.11. The second-order valence-corrected chi connectivity index (χ2v) is 4.35. The molecule has 2 N–H and O–H groups in total. The number of hydrogen-bond donors (Lipinski definition) is 2. The van der Waals surface area contributed by atoms with Crippen LogP contribution in [0.2, 0.25) is 0 Å². The molecule has 0 amide bonds. The van der Waals surface area contributed by atoms with Gasteiger partial charge in [-0.05, 0) is 23.8 Å². The molecule has 0 saturated heterocycles. The summed E-state index contributed by atoms with van der Waals surface area (Å²) >= 11 is 0. The standard InChI is InChI=1S/C15H14BNO4/c1-20-14-7-6-11(8-12(14)9-17)10-21-15-5-3-2-4-13(15)16(18)19/h2-8,18-19H,10H2,1H3.